The summed E-state index contributed by atoms with van der Waals surface area (Å²) in [6.07, 6.45) is 3.88. The lowest BCUT2D eigenvalue weighted by Gasteiger charge is -2.10. The van der Waals surface area contributed by atoms with Gasteiger partial charge < -0.3 is 5.32 Å². The molecule has 0 aromatic heterocycles. The van der Waals surface area contributed by atoms with E-state index in [0.29, 0.717) is 6.54 Å². The fourth-order valence-corrected chi connectivity index (χ4v) is 0.680. The molecule has 0 aliphatic carbocycles. The molecule has 0 saturated heterocycles. The molecule has 0 saturated carbocycles. The highest BCUT2D eigenvalue weighted by Crippen LogP contribution is 1.99. The first-order valence-electron chi connectivity index (χ1n) is 2.75. The van der Waals surface area contributed by atoms with Crippen LogP contribution in [0.25, 0.3) is 0 Å². The monoisotopic (exact) mass is 111 g/mol. The van der Waals surface area contributed by atoms with Crippen molar-refractivity contribution in [2.24, 2.45) is 5.92 Å². The van der Waals surface area contributed by atoms with Gasteiger partial charge in [-0.05, 0) is 0 Å². The van der Waals surface area contributed by atoms with Crippen LogP contribution in [-0.2, 0) is 4.79 Å². The van der Waals surface area contributed by atoms with Crippen LogP contribution in [0.4, 0.5) is 0 Å². The van der Waals surface area contributed by atoms with Gasteiger partial charge in [0.2, 0.25) is 5.91 Å². The lowest BCUT2D eigenvalue weighted by atomic mass is 10.1. The summed E-state index contributed by atoms with van der Waals surface area (Å²) < 4.78 is 0. The first-order valence-corrected chi connectivity index (χ1v) is 2.75. The predicted molar refractivity (Wildman–Crippen MR) is 31.3 cm³/mol. The van der Waals surface area contributed by atoms with Crippen LogP contribution in [0.5, 0.6) is 0 Å². The van der Waals surface area contributed by atoms with Crippen molar-refractivity contribution in [1.29, 1.82) is 0 Å². The van der Waals surface area contributed by atoms with E-state index in [4.69, 9.17) is 0 Å². The Labute approximate surface area is 48.6 Å². The van der Waals surface area contributed by atoms with Gasteiger partial charge in [0.1, 0.15) is 0 Å². The van der Waals surface area contributed by atoms with E-state index in [1.165, 1.54) is 0 Å². The Bertz CT molecular complexity index is 128. The van der Waals surface area contributed by atoms with E-state index < -0.39 is 0 Å². The molecule has 44 valence electrons. The van der Waals surface area contributed by atoms with E-state index in [1.54, 1.807) is 0 Å². The van der Waals surface area contributed by atoms with E-state index >= 15 is 0 Å². The number of rotatable bonds is 0. The summed E-state index contributed by atoms with van der Waals surface area (Å²) in [5.41, 5.74) is 0. The van der Waals surface area contributed by atoms with E-state index in [-0.39, 0.29) is 11.8 Å². The highest BCUT2D eigenvalue weighted by atomic mass is 16.1. The maximum Gasteiger partial charge on any atom is 0.226 e. The van der Waals surface area contributed by atoms with Crippen molar-refractivity contribution in [1.82, 2.24) is 5.32 Å². The van der Waals surface area contributed by atoms with Crippen LogP contribution in [0.1, 0.15) is 6.92 Å². The molecule has 1 amide bonds. The van der Waals surface area contributed by atoms with Crippen molar-refractivity contribution in [3.05, 3.63) is 12.2 Å². The number of nitrogens with one attached hydrogen (secondary N) is 1. The van der Waals surface area contributed by atoms with Crippen LogP contribution >= 0.6 is 0 Å². The van der Waals surface area contributed by atoms with Crippen molar-refractivity contribution in [3.63, 3.8) is 0 Å². The number of carbonyl (C=O) groups is 1. The molecule has 2 heteroatoms. The molecule has 1 aliphatic rings. The third-order valence-corrected chi connectivity index (χ3v) is 1.23. The van der Waals surface area contributed by atoms with E-state index in [2.05, 4.69) is 5.32 Å². The van der Waals surface area contributed by atoms with Gasteiger partial charge in [-0.25, -0.2) is 0 Å². The average Bonchev–Trinajstić information content (AvgIpc) is 1.77. The second-order valence-corrected chi connectivity index (χ2v) is 1.96. The minimum Gasteiger partial charge on any atom is -0.352 e. The molecule has 0 aromatic carbocycles. The maximum atomic E-state index is 10.6. The van der Waals surface area contributed by atoms with Gasteiger partial charge in [-0.2, -0.15) is 0 Å². The van der Waals surface area contributed by atoms with Crippen LogP contribution in [-0.4, -0.2) is 12.5 Å². The van der Waals surface area contributed by atoms with Crippen molar-refractivity contribution in [2.75, 3.05) is 6.54 Å². The van der Waals surface area contributed by atoms with Crippen molar-refractivity contribution in [2.45, 2.75) is 6.92 Å². The first-order chi connectivity index (χ1) is 3.80. The third-order valence-electron chi connectivity index (χ3n) is 1.23. The normalized spacial score (nSPS) is 27.6. The molecule has 1 atom stereocenters. The highest BCUT2D eigenvalue weighted by Gasteiger charge is 2.09. The van der Waals surface area contributed by atoms with Crippen molar-refractivity contribution < 1.29 is 4.79 Å². The Morgan fingerprint density at radius 1 is 1.88 bits per heavy atom. The van der Waals surface area contributed by atoms with E-state index in [1.807, 2.05) is 19.1 Å². The molecule has 1 N–H and O–H groups in total. The lowest BCUT2D eigenvalue weighted by molar-refractivity contribution is -0.123. The van der Waals surface area contributed by atoms with Crippen LogP contribution in [0.15, 0.2) is 12.2 Å². The SMILES string of the molecule is CC1C=CCNC1=O. The van der Waals surface area contributed by atoms with E-state index in [0.717, 1.165) is 0 Å². The quantitative estimate of drug-likeness (QED) is 0.448. The molecule has 1 heterocycles. The number of hydrogen-bond donors (Lipinski definition) is 1. The summed E-state index contributed by atoms with van der Waals surface area (Å²) in [7, 11) is 0. The Kier molecular flexibility index (Phi) is 1.33. The number of carbonyl (C=O) groups excluding carboxylic acids is 1. The van der Waals surface area contributed by atoms with Crippen LogP contribution in [0.2, 0.25) is 0 Å². The second kappa shape index (κ2) is 1.99. The topological polar surface area (TPSA) is 29.1 Å². The van der Waals surface area contributed by atoms with Crippen molar-refractivity contribution >= 4 is 5.91 Å². The Hall–Kier alpha value is -0.790. The molecule has 1 aliphatic heterocycles. The molecule has 0 spiro atoms. The molecule has 0 radical (unpaired) electrons. The Morgan fingerprint density at radius 3 is 3.00 bits per heavy atom. The van der Waals surface area contributed by atoms with E-state index in [9.17, 15) is 4.79 Å². The number of hydrogen-bond acceptors (Lipinski definition) is 1. The van der Waals surface area contributed by atoms with Gasteiger partial charge >= 0.3 is 0 Å². The average molecular weight is 111 g/mol. The lowest BCUT2D eigenvalue weighted by Crippen LogP contribution is -2.31. The smallest absolute Gasteiger partial charge is 0.226 e. The summed E-state index contributed by atoms with van der Waals surface area (Å²) in [5.74, 6) is 0.205. The summed E-state index contributed by atoms with van der Waals surface area (Å²) >= 11 is 0. The second-order valence-electron chi connectivity index (χ2n) is 1.96. The first kappa shape index (κ1) is 5.35. The zero-order valence-corrected chi connectivity index (χ0v) is 4.85. The molecule has 2 nitrogen and oxygen atoms in total. The summed E-state index contributed by atoms with van der Waals surface area (Å²) in [6, 6.07) is 0. The molecular weight excluding hydrogens is 102 g/mol. The minimum absolute atomic E-state index is 0.0729. The van der Waals surface area contributed by atoms with Crippen LogP contribution in [0.3, 0.4) is 0 Å². The molecule has 0 bridgehead atoms. The molecule has 1 unspecified atom stereocenters. The zero-order chi connectivity index (χ0) is 5.98. The summed E-state index contributed by atoms with van der Waals surface area (Å²) in [5, 5.41) is 2.71. The summed E-state index contributed by atoms with van der Waals surface area (Å²) in [4.78, 5) is 10.6. The van der Waals surface area contributed by atoms with Gasteiger partial charge in [0.15, 0.2) is 0 Å². The Morgan fingerprint density at radius 2 is 2.62 bits per heavy atom. The Balaban J connectivity index is 2.60. The van der Waals surface area contributed by atoms with Gasteiger partial charge in [0.05, 0.1) is 5.92 Å². The van der Waals surface area contributed by atoms with Crippen molar-refractivity contribution in [3.8, 4) is 0 Å². The molecule has 1 rings (SSSR count). The summed E-state index contributed by atoms with van der Waals surface area (Å²) in [6.45, 7) is 2.58. The van der Waals surface area contributed by atoms with Crippen LogP contribution in [0, 0.1) is 5.92 Å². The van der Waals surface area contributed by atoms with Gasteiger partial charge in [0.25, 0.3) is 0 Å². The maximum absolute atomic E-state index is 10.6. The highest BCUT2D eigenvalue weighted by molar-refractivity contribution is 5.81. The largest absolute Gasteiger partial charge is 0.352 e. The standard InChI is InChI=1S/C6H9NO/c1-5-3-2-4-7-6(5)8/h2-3,5H,4H2,1H3,(H,7,8). The van der Waals surface area contributed by atoms with Gasteiger partial charge in [-0.1, -0.05) is 19.1 Å². The fraction of sp³-hybridized carbons (Fsp3) is 0.500. The molecule has 0 aromatic rings. The van der Waals surface area contributed by atoms with Crippen LogP contribution < -0.4 is 5.32 Å². The fourth-order valence-electron chi connectivity index (χ4n) is 0.680. The minimum atomic E-state index is 0.0729. The third kappa shape index (κ3) is 0.886. The zero-order valence-electron chi connectivity index (χ0n) is 4.85. The predicted octanol–water partition coefficient (Wildman–Crippen LogP) is 0.309. The van der Waals surface area contributed by atoms with Gasteiger partial charge in [-0.15, -0.1) is 0 Å². The molecule has 8 heavy (non-hydrogen) atoms. The van der Waals surface area contributed by atoms with Gasteiger partial charge in [-0.3, -0.25) is 4.79 Å². The molecule has 0 fully saturated rings. The molecular formula is C6H9NO. The van der Waals surface area contributed by atoms with Gasteiger partial charge in [0, 0.05) is 6.54 Å². The number of amides is 1.